The van der Waals surface area contributed by atoms with Crippen molar-refractivity contribution in [3.05, 3.63) is 53.7 Å². The molecule has 6 nitrogen and oxygen atoms in total. The highest BCUT2D eigenvalue weighted by molar-refractivity contribution is 6.32. The van der Waals surface area contributed by atoms with Crippen LogP contribution in [-0.2, 0) is 0 Å². The van der Waals surface area contributed by atoms with Crippen molar-refractivity contribution in [2.75, 3.05) is 14.2 Å². The highest BCUT2D eigenvalue weighted by Gasteiger charge is 2.09. The van der Waals surface area contributed by atoms with E-state index >= 15 is 0 Å². The van der Waals surface area contributed by atoms with Gasteiger partial charge in [-0.05, 0) is 24.3 Å². The van der Waals surface area contributed by atoms with Gasteiger partial charge in [0.05, 0.1) is 24.9 Å². The molecule has 0 saturated carbocycles. The number of aromatic amines is 1. The fourth-order valence-electron chi connectivity index (χ4n) is 1.96. The zero-order valence-electron chi connectivity index (χ0n) is 13.2. The molecule has 0 aliphatic rings. The number of ether oxygens (including phenoxy) is 2. The van der Waals surface area contributed by atoms with Crippen LogP contribution in [-0.4, -0.2) is 34.6 Å². The summed E-state index contributed by atoms with van der Waals surface area (Å²) in [5.41, 5.74) is 1.15. The summed E-state index contributed by atoms with van der Waals surface area (Å²) in [6.07, 6.45) is 1.57. The Labute approximate surface area is 144 Å². The lowest BCUT2D eigenvalue weighted by Gasteiger charge is -2.04. The van der Waals surface area contributed by atoms with Crippen LogP contribution in [0.2, 0.25) is 5.02 Å². The number of aromatic hydroxyl groups is 2. The Kier molecular flexibility index (Phi) is 5.92. The third-order valence-corrected chi connectivity index (χ3v) is 3.45. The molecular formula is C17H17ClN2O4. The number of phenols is 2. The summed E-state index contributed by atoms with van der Waals surface area (Å²) >= 11 is 5.71. The molecule has 1 heterocycles. The van der Waals surface area contributed by atoms with Gasteiger partial charge in [-0.25, -0.2) is 0 Å². The largest absolute Gasteiger partial charge is 0.507 e. The third kappa shape index (κ3) is 4.11. The fraction of sp³-hybridized carbons (Fsp3) is 0.118. The van der Waals surface area contributed by atoms with E-state index in [0.717, 1.165) is 11.5 Å². The molecule has 3 N–H and O–H groups in total. The number of para-hydroxylation sites is 2. The van der Waals surface area contributed by atoms with Crippen molar-refractivity contribution in [1.29, 1.82) is 0 Å². The van der Waals surface area contributed by atoms with Crippen molar-refractivity contribution in [2.24, 2.45) is 0 Å². The SMILES string of the molecule is COc1ccccc1OC.Oc1cc(O)c(-c2ccn[nH]2)cc1Cl. The number of benzene rings is 2. The van der Waals surface area contributed by atoms with Crippen molar-refractivity contribution in [1.82, 2.24) is 10.2 Å². The van der Waals surface area contributed by atoms with Crippen LogP contribution < -0.4 is 9.47 Å². The fourth-order valence-corrected chi connectivity index (χ4v) is 2.12. The lowest BCUT2D eigenvalue weighted by atomic mass is 10.1. The van der Waals surface area contributed by atoms with Crippen LogP contribution in [0.1, 0.15) is 0 Å². The molecule has 7 heteroatoms. The summed E-state index contributed by atoms with van der Waals surface area (Å²) in [5, 5.41) is 25.4. The van der Waals surface area contributed by atoms with Crippen LogP contribution in [0.25, 0.3) is 11.3 Å². The van der Waals surface area contributed by atoms with Gasteiger partial charge in [0, 0.05) is 17.8 Å². The van der Waals surface area contributed by atoms with Crippen molar-refractivity contribution >= 4 is 11.6 Å². The predicted molar refractivity (Wildman–Crippen MR) is 91.9 cm³/mol. The number of nitrogens with one attached hydrogen (secondary N) is 1. The normalized spacial score (nSPS) is 9.79. The van der Waals surface area contributed by atoms with Crippen LogP contribution >= 0.6 is 11.6 Å². The Morgan fingerprint density at radius 2 is 1.58 bits per heavy atom. The molecule has 126 valence electrons. The first kappa shape index (κ1) is 17.5. The van der Waals surface area contributed by atoms with Crippen molar-refractivity contribution in [3.63, 3.8) is 0 Å². The van der Waals surface area contributed by atoms with Gasteiger partial charge in [-0.2, -0.15) is 5.10 Å². The van der Waals surface area contributed by atoms with E-state index in [9.17, 15) is 10.2 Å². The van der Waals surface area contributed by atoms with E-state index in [1.165, 1.54) is 12.1 Å². The first-order valence-corrected chi connectivity index (χ1v) is 7.32. The van der Waals surface area contributed by atoms with E-state index in [0.29, 0.717) is 11.3 Å². The number of halogens is 1. The van der Waals surface area contributed by atoms with Crippen LogP contribution in [0.5, 0.6) is 23.0 Å². The summed E-state index contributed by atoms with van der Waals surface area (Å²) in [4.78, 5) is 0. The lowest BCUT2D eigenvalue weighted by molar-refractivity contribution is 0.355. The molecule has 0 bridgehead atoms. The molecule has 1 aromatic heterocycles. The molecule has 0 saturated heterocycles. The summed E-state index contributed by atoms with van der Waals surface area (Å²) in [6.45, 7) is 0. The van der Waals surface area contributed by atoms with E-state index in [4.69, 9.17) is 21.1 Å². The minimum atomic E-state index is -0.146. The third-order valence-electron chi connectivity index (χ3n) is 3.15. The Hall–Kier alpha value is -2.86. The molecule has 24 heavy (non-hydrogen) atoms. The van der Waals surface area contributed by atoms with Crippen LogP contribution in [0.3, 0.4) is 0 Å². The highest BCUT2D eigenvalue weighted by atomic mass is 35.5. The Morgan fingerprint density at radius 1 is 0.958 bits per heavy atom. The van der Waals surface area contributed by atoms with Gasteiger partial charge in [0.15, 0.2) is 11.5 Å². The van der Waals surface area contributed by atoms with Gasteiger partial charge >= 0.3 is 0 Å². The van der Waals surface area contributed by atoms with E-state index < -0.39 is 0 Å². The molecule has 0 radical (unpaired) electrons. The summed E-state index contributed by atoms with van der Waals surface area (Å²) in [5.74, 6) is 1.35. The molecular weight excluding hydrogens is 332 g/mol. The van der Waals surface area contributed by atoms with Gasteiger partial charge in [-0.15, -0.1) is 0 Å². The summed E-state index contributed by atoms with van der Waals surface area (Å²) in [7, 11) is 3.25. The standard InChI is InChI=1S/C9H7ClN2O2.C8H10O2/c10-6-3-5(7-1-2-11-12-7)8(13)4-9(6)14;1-9-7-5-3-4-6-8(7)10-2/h1-4,13-14H,(H,11,12);3-6H,1-2H3. The first-order chi connectivity index (χ1) is 11.6. The number of methoxy groups -OCH3 is 2. The molecule has 0 aliphatic heterocycles. The minimum absolute atomic E-state index is 0.0452. The first-order valence-electron chi connectivity index (χ1n) is 6.95. The maximum absolute atomic E-state index is 9.52. The number of phenolic OH excluding ortho intramolecular Hbond substituents is 2. The highest BCUT2D eigenvalue weighted by Crippen LogP contribution is 2.36. The zero-order valence-corrected chi connectivity index (χ0v) is 13.9. The van der Waals surface area contributed by atoms with Crippen molar-refractivity contribution in [2.45, 2.75) is 0 Å². The van der Waals surface area contributed by atoms with Crippen molar-refractivity contribution < 1.29 is 19.7 Å². The van der Waals surface area contributed by atoms with E-state index in [-0.39, 0.29) is 16.5 Å². The molecule has 0 spiro atoms. The smallest absolute Gasteiger partial charge is 0.160 e. The van der Waals surface area contributed by atoms with Gasteiger partial charge in [0.2, 0.25) is 0 Å². The summed E-state index contributed by atoms with van der Waals surface area (Å²) < 4.78 is 10.0. The molecule has 3 aromatic rings. The molecule has 2 aromatic carbocycles. The maximum Gasteiger partial charge on any atom is 0.160 e. The van der Waals surface area contributed by atoms with E-state index in [1.54, 1.807) is 26.5 Å². The quantitative estimate of drug-likeness (QED) is 0.669. The van der Waals surface area contributed by atoms with Crippen LogP contribution in [0.4, 0.5) is 0 Å². The Bertz CT molecular complexity index is 768. The Morgan fingerprint density at radius 3 is 2.08 bits per heavy atom. The molecule has 0 aliphatic carbocycles. The Balaban J connectivity index is 0.000000185. The topological polar surface area (TPSA) is 87.6 Å². The van der Waals surface area contributed by atoms with Gasteiger partial charge in [-0.3, -0.25) is 5.10 Å². The number of aromatic nitrogens is 2. The monoisotopic (exact) mass is 348 g/mol. The minimum Gasteiger partial charge on any atom is -0.507 e. The second-order valence-electron chi connectivity index (χ2n) is 4.65. The van der Waals surface area contributed by atoms with Crippen LogP contribution in [0, 0.1) is 0 Å². The van der Waals surface area contributed by atoms with Crippen molar-refractivity contribution in [3.8, 4) is 34.3 Å². The average molecular weight is 349 g/mol. The van der Waals surface area contributed by atoms with Gasteiger partial charge < -0.3 is 19.7 Å². The van der Waals surface area contributed by atoms with Gasteiger partial charge in [0.1, 0.15) is 11.5 Å². The van der Waals surface area contributed by atoms with Gasteiger partial charge in [-0.1, -0.05) is 23.7 Å². The number of hydrogen-bond donors (Lipinski definition) is 3. The molecule has 3 rings (SSSR count). The molecule has 0 amide bonds. The zero-order chi connectivity index (χ0) is 17.5. The summed E-state index contributed by atoms with van der Waals surface area (Å²) in [6, 6.07) is 11.9. The van der Waals surface area contributed by atoms with E-state index in [2.05, 4.69) is 10.2 Å². The molecule has 0 fully saturated rings. The number of H-pyrrole nitrogens is 1. The van der Waals surface area contributed by atoms with E-state index in [1.807, 2.05) is 24.3 Å². The number of rotatable bonds is 3. The second-order valence-corrected chi connectivity index (χ2v) is 5.05. The van der Waals surface area contributed by atoms with Crippen LogP contribution in [0.15, 0.2) is 48.7 Å². The number of hydrogen-bond acceptors (Lipinski definition) is 5. The molecule has 0 atom stereocenters. The molecule has 0 unspecified atom stereocenters. The average Bonchev–Trinajstić information content (AvgIpc) is 3.13. The number of nitrogens with zero attached hydrogens (tertiary/aromatic N) is 1. The second kappa shape index (κ2) is 8.12. The predicted octanol–water partition coefficient (Wildman–Crippen LogP) is 3.85. The lowest BCUT2D eigenvalue weighted by Crippen LogP contribution is -1.88. The maximum atomic E-state index is 9.52. The van der Waals surface area contributed by atoms with Gasteiger partial charge in [0.25, 0.3) is 0 Å².